The predicted octanol–water partition coefficient (Wildman–Crippen LogP) is 3.01. The molecule has 1 aliphatic carbocycles. The van der Waals surface area contributed by atoms with Gasteiger partial charge in [-0.15, -0.1) is 0 Å². The van der Waals surface area contributed by atoms with Gasteiger partial charge in [0.25, 0.3) is 5.56 Å². The van der Waals surface area contributed by atoms with Crippen molar-refractivity contribution in [2.24, 2.45) is 5.92 Å². The van der Waals surface area contributed by atoms with E-state index in [-0.39, 0.29) is 5.56 Å². The molecule has 0 spiro atoms. The maximum atomic E-state index is 12.6. The van der Waals surface area contributed by atoms with Gasteiger partial charge in [-0.1, -0.05) is 26.2 Å². The number of piperazine rings is 1. The van der Waals surface area contributed by atoms with Gasteiger partial charge in [0.15, 0.2) is 0 Å². The van der Waals surface area contributed by atoms with E-state index in [1.807, 2.05) is 24.0 Å². The molecule has 2 aromatic heterocycles. The fraction of sp³-hybridized carbons (Fsp3) is 0.565. The molecule has 160 valence electrons. The standard InChI is InChI=1S/C23H31N5O2/c1-2-19-15-21(29)26-23(25-19)18-8-9-20(24-16-18)27-10-12-28(13-11-27)22(30)14-17-6-4-3-5-7-17/h8-9,15-17H,2-7,10-14H2,1H3,(H,25,26,29). The fourth-order valence-corrected chi connectivity index (χ4v) is 4.49. The quantitative estimate of drug-likeness (QED) is 0.821. The Bertz CT molecular complexity index is 910. The van der Waals surface area contributed by atoms with Crippen molar-refractivity contribution in [3.8, 4) is 11.4 Å². The summed E-state index contributed by atoms with van der Waals surface area (Å²) in [5.74, 6) is 2.35. The van der Waals surface area contributed by atoms with Gasteiger partial charge in [0.1, 0.15) is 11.6 Å². The average molecular weight is 410 g/mol. The van der Waals surface area contributed by atoms with Crippen LogP contribution in [0.15, 0.2) is 29.2 Å². The van der Waals surface area contributed by atoms with Gasteiger partial charge < -0.3 is 14.8 Å². The fourth-order valence-electron chi connectivity index (χ4n) is 4.49. The van der Waals surface area contributed by atoms with Crippen molar-refractivity contribution in [3.05, 3.63) is 40.4 Å². The summed E-state index contributed by atoms with van der Waals surface area (Å²) in [7, 11) is 0. The lowest BCUT2D eigenvalue weighted by Crippen LogP contribution is -2.49. The van der Waals surface area contributed by atoms with E-state index in [4.69, 9.17) is 0 Å². The van der Waals surface area contributed by atoms with E-state index in [0.717, 1.165) is 49.7 Å². The summed E-state index contributed by atoms with van der Waals surface area (Å²) in [5, 5.41) is 0. The maximum Gasteiger partial charge on any atom is 0.251 e. The van der Waals surface area contributed by atoms with Gasteiger partial charge in [-0.25, -0.2) is 9.97 Å². The lowest BCUT2D eigenvalue weighted by Gasteiger charge is -2.36. The van der Waals surface area contributed by atoms with Crippen LogP contribution in [-0.2, 0) is 11.2 Å². The Labute approximate surface area is 177 Å². The molecule has 0 unspecified atom stereocenters. The molecule has 2 aromatic rings. The molecule has 1 saturated heterocycles. The zero-order chi connectivity index (χ0) is 20.9. The first kappa shape index (κ1) is 20.6. The molecular formula is C23H31N5O2. The van der Waals surface area contributed by atoms with E-state index >= 15 is 0 Å². The Balaban J connectivity index is 1.34. The third-order valence-corrected chi connectivity index (χ3v) is 6.32. The Morgan fingerprint density at radius 3 is 2.57 bits per heavy atom. The number of pyridine rings is 1. The van der Waals surface area contributed by atoms with Gasteiger partial charge in [0.05, 0.1) is 0 Å². The highest BCUT2D eigenvalue weighted by molar-refractivity contribution is 5.76. The van der Waals surface area contributed by atoms with Crippen molar-refractivity contribution in [1.29, 1.82) is 0 Å². The molecule has 30 heavy (non-hydrogen) atoms. The number of nitrogens with zero attached hydrogens (tertiary/aromatic N) is 4. The van der Waals surface area contributed by atoms with E-state index in [0.29, 0.717) is 24.1 Å². The smallest absolute Gasteiger partial charge is 0.251 e. The Morgan fingerprint density at radius 2 is 1.90 bits per heavy atom. The molecule has 7 nitrogen and oxygen atoms in total. The van der Waals surface area contributed by atoms with Crippen LogP contribution in [0.25, 0.3) is 11.4 Å². The molecule has 3 heterocycles. The van der Waals surface area contributed by atoms with Gasteiger partial charge in [-0.2, -0.15) is 0 Å². The van der Waals surface area contributed by atoms with Gasteiger partial charge in [-0.05, 0) is 37.3 Å². The van der Waals surface area contributed by atoms with Crippen LogP contribution in [0, 0.1) is 5.92 Å². The molecule has 0 atom stereocenters. The molecule has 1 saturated carbocycles. The molecule has 1 aliphatic heterocycles. The van der Waals surface area contributed by atoms with Gasteiger partial charge in [-0.3, -0.25) is 9.59 Å². The molecular weight excluding hydrogens is 378 g/mol. The van der Waals surface area contributed by atoms with E-state index in [2.05, 4.69) is 19.9 Å². The van der Waals surface area contributed by atoms with Crippen LogP contribution in [0.3, 0.4) is 0 Å². The normalized spacial score (nSPS) is 17.9. The Kier molecular flexibility index (Phi) is 6.45. The highest BCUT2D eigenvalue weighted by Crippen LogP contribution is 2.27. The zero-order valence-electron chi connectivity index (χ0n) is 17.8. The number of hydrogen-bond acceptors (Lipinski definition) is 5. The second-order valence-corrected chi connectivity index (χ2v) is 8.42. The molecule has 2 fully saturated rings. The zero-order valence-corrected chi connectivity index (χ0v) is 17.8. The number of carbonyl (C=O) groups excluding carboxylic acids is 1. The minimum atomic E-state index is -0.144. The van der Waals surface area contributed by atoms with E-state index in [1.54, 1.807) is 6.20 Å². The highest BCUT2D eigenvalue weighted by Gasteiger charge is 2.25. The number of aromatic amines is 1. The maximum absolute atomic E-state index is 12.6. The molecule has 0 bridgehead atoms. The molecule has 2 aliphatic rings. The topological polar surface area (TPSA) is 82.2 Å². The molecule has 0 radical (unpaired) electrons. The number of amides is 1. The molecule has 0 aromatic carbocycles. The third-order valence-electron chi connectivity index (χ3n) is 6.32. The van der Waals surface area contributed by atoms with Crippen molar-refractivity contribution < 1.29 is 4.79 Å². The van der Waals surface area contributed by atoms with Gasteiger partial charge in [0, 0.05) is 56.1 Å². The summed E-state index contributed by atoms with van der Waals surface area (Å²) in [6.45, 7) is 5.07. The summed E-state index contributed by atoms with van der Waals surface area (Å²) in [6.07, 6.45) is 9.49. The number of nitrogens with one attached hydrogen (secondary N) is 1. The van der Waals surface area contributed by atoms with Crippen LogP contribution in [0.1, 0.15) is 51.1 Å². The number of rotatable bonds is 5. The van der Waals surface area contributed by atoms with E-state index < -0.39 is 0 Å². The molecule has 4 rings (SSSR count). The van der Waals surface area contributed by atoms with E-state index in [9.17, 15) is 9.59 Å². The number of hydrogen-bond donors (Lipinski definition) is 1. The van der Waals surface area contributed by atoms with Crippen LogP contribution >= 0.6 is 0 Å². The van der Waals surface area contributed by atoms with Crippen molar-refractivity contribution in [3.63, 3.8) is 0 Å². The first-order valence-corrected chi connectivity index (χ1v) is 11.2. The Morgan fingerprint density at radius 1 is 1.13 bits per heavy atom. The summed E-state index contributed by atoms with van der Waals surface area (Å²) < 4.78 is 0. The number of anilines is 1. The molecule has 1 N–H and O–H groups in total. The Hall–Kier alpha value is -2.70. The molecule has 1 amide bonds. The monoisotopic (exact) mass is 409 g/mol. The summed E-state index contributed by atoms with van der Waals surface area (Å²) >= 11 is 0. The average Bonchev–Trinajstić information content (AvgIpc) is 2.79. The molecule has 7 heteroatoms. The highest BCUT2D eigenvalue weighted by atomic mass is 16.2. The number of carbonyl (C=O) groups is 1. The first-order chi connectivity index (χ1) is 14.6. The van der Waals surface area contributed by atoms with Crippen LogP contribution in [0.5, 0.6) is 0 Å². The summed E-state index contributed by atoms with van der Waals surface area (Å²) in [4.78, 5) is 40.6. The van der Waals surface area contributed by atoms with Crippen molar-refractivity contribution in [1.82, 2.24) is 19.9 Å². The van der Waals surface area contributed by atoms with Gasteiger partial charge in [0.2, 0.25) is 5.91 Å². The lowest BCUT2D eigenvalue weighted by atomic mass is 9.86. The number of aryl methyl sites for hydroxylation is 1. The van der Waals surface area contributed by atoms with Crippen LogP contribution < -0.4 is 10.5 Å². The number of H-pyrrole nitrogens is 1. The minimum Gasteiger partial charge on any atom is -0.353 e. The minimum absolute atomic E-state index is 0.144. The van der Waals surface area contributed by atoms with E-state index in [1.165, 1.54) is 38.2 Å². The number of aromatic nitrogens is 3. The second kappa shape index (κ2) is 9.41. The van der Waals surface area contributed by atoms with Crippen LogP contribution in [0.4, 0.5) is 5.82 Å². The third kappa shape index (κ3) is 4.89. The second-order valence-electron chi connectivity index (χ2n) is 8.42. The largest absolute Gasteiger partial charge is 0.353 e. The van der Waals surface area contributed by atoms with Crippen LogP contribution in [-0.4, -0.2) is 51.9 Å². The first-order valence-electron chi connectivity index (χ1n) is 11.2. The van der Waals surface area contributed by atoms with Crippen molar-refractivity contribution in [2.45, 2.75) is 51.9 Å². The summed E-state index contributed by atoms with van der Waals surface area (Å²) in [5.41, 5.74) is 1.43. The van der Waals surface area contributed by atoms with Crippen LogP contribution in [0.2, 0.25) is 0 Å². The van der Waals surface area contributed by atoms with Gasteiger partial charge >= 0.3 is 0 Å². The lowest BCUT2D eigenvalue weighted by molar-refractivity contribution is -0.132. The summed E-state index contributed by atoms with van der Waals surface area (Å²) in [6, 6.07) is 5.44. The van der Waals surface area contributed by atoms with Crippen molar-refractivity contribution >= 4 is 11.7 Å². The van der Waals surface area contributed by atoms with Crippen molar-refractivity contribution in [2.75, 3.05) is 31.1 Å². The predicted molar refractivity (Wildman–Crippen MR) is 117 cm³/mol. The SMILES string of the molecule is CCc1cc(=O)[nH]c(-c2ccc(N3CCN(C(=O)CC4CCCCC4)CC3)nc2)n1.